The molecule has 0 spiro atoms. The van der Waals surface area contributed by atoms with Crippen molar-refractivity contribution in [2.45, 2.75) is 26.5 Å². The third kappa shape index (κ3) is 4.27. The Hall–Kier alpha value is -3.70. The molecule has 3 aromatic carbocycles. The molecule has 1 aromatic heterocycles. The Bertz CT molecular complexity index is 1250. The molecule has 0 aliphatic carbocycles. The molecule has 0 fully saturated rings. The maximum Gasteiger partial charge on any atom is 0.336 e. The molecule has 5 heteroatoms. The van der Waals surface area contributed by atoms with Gasteiger partial charge in [0.2, 0.25) is 0 Å². The average Bonchev–Trinajstić information content (AvgIpc) is 3.14. The van der Waals surface area contributed by atoms with Crippen LogP contribution in [0.2, 0.25) is 0 Å². The second-order valence-corrected chi connectivity index (χ2v) is 7.40. The normalized spacial score (nSPS) is 11.4. The summed E-state index contributed by atoms with van der Waals surface area (Å²) >= 11 is 0. The molecule has 0 saturated carbocycles. The quantitative estimate of drug-likeness (QED) is 0.428. The van der Waals surface area contributed by atoms with Crippen molar-refractivity contribution in [3.8, 4) is 11.1 Å². The number of carboxylic acid groups (broad SMARTS) is 1. The van der Waals surface area contributed by atoms with Crippen molar-refractivity contribution in [1.29, 1.82) is 0 Å². The molecule has 0 amide bonds. The number of aromatic nitrogens is 2. The van der Waals surface area contributed by atoms with Gasteiger partial charge in [-0.25, -0.2) is 9.78 Å². The lowest BCUT2D eigenvalue weighted by molar-refractivity contribution is 0.0697. The molecule has 0 aliphatic rings. The van der Waals surface area contributed by atoms with Gasteiger partial charge in [0.15, 0.2) is 0 Å². The molecule has 0 bridgehead atoms. The molecule has 0 unspecified atom stereocenters. The molecular weight excluding hydrogens is 388 g/mol. The van der Waals surface area contributed by atoms with Gasteiger partial charge in [-0.05, 0) is 52.9 Å². The van der Waals surface area contributed by atoms with Crippen LogP contribution in [-0.4, -0.2) is 25.7 Å². The van der Waals surface area contributed by atoms with Gasteiger partial charge in [0.05, 0.1) is 23.2 Å². The molecule has 4 aromatic rings. The number of hydrogen-bond acceptors (Lipinski definition) is 3. The van der Waals surface area contributed by atoms with Gasteiger partial charge in [-0.1, -0.05) is 61.5 Å². The number of imidazole rings is 1. The summed E-state index contributed by atoms with van der Waals surface area (Å²) in [5.74, 6) is -0.0659. The van der Waals surface area contributed by atoms with Crippen LogP contribution in [0.3, 0.4) is 0 Å². The minimum Gasteiger partial charge on any atom is -0.478 e. The van der Waals surface area contributed by atoms with Gasteiger partial charge < -0.3 is 14.8 Å². The van der Waals surface area contributed by atoms with E-state index in [1.165, 1.54) is 0 Å². The summed E-state index contributed by atoms with van der Waals surface area (Å²) in [5.41, 5.74) is 5.65. The number of allylic oxidation sites excluding steroid dienone is 1. The van der Waals surface area contributed by atoms with Crippen LogP contribution in [0.15, 0.2) is 72.8 Å². The minimum atomic E-state index is -0.934. The van der Waals surface area contributed by atoms with Gasteiger partial charge in [-0.3, -0.25) is 0 Å². The molecule has 5 nitrogen and oxygen atoms in total. The number of aliphatic hydroxyl groups is 1. The summed E-state index contributed by atoms with van der Waals surface area (Å²) in [6.07, 6.45) is 5.02. The summed E-state index contributed by atoms with van der Waals surface area (Å²) in [7, 11) is 0. The van der Waals surface area contributed by atoms with E-state index < -0.39 is 5.97 Å². The van der Waals surface area contributed by atoms with E-state index in [0.717, 1.165) is 40.0 Å². The predicted molar refractivity (Wildman–Crippen MR) is 123 cm³/mol. The first-order valence-electron chi connectivity index (χ1n) is 10.3. The lowest BCUT2D eigenvalue weighted by Gasteiger charge is -2.10. The van der Waals surface area contributed by atoms with Crippen molar-refractivity contribution in [2.24, 2.45) is 0 Å². The highest BCUT2D eigenvalue weighted by atomic mass is 16.4. The number of carboxylic acids is 1. The van der Waals surface area contributed by atoms with Gasteiger partial charge in [0.25, 0.3) is 0 Å². The van der Waals surface area contributed by atoms with Gasteiger partial charge >= 0.3 is 5.97 Å². The van der Waals surface area contributed by atoms with E-state index in [4.69, 9.17) is 4.98 Å². The monoisotopic (exact) mass is 412 g/mol. The van der Waals surface area contributed by atoms with Gasteiger partial charge in [-0.2, -0.15) is 0 Å². The van der Waals surface area contributed by atoms with Crippen molar-refractivity contribution in [2.75, 3.05) is 0 Å². The third-order valence-electron chi connectivity index (χ3n) is 5.29. The van der Waals surface area contributed by atoms with Crippen molar-refractivity contribution in [3.63, 3.8) is 0 Å². The van der Waals surface area contributed by atoms with E-state index in [1.54, 1.807) is 12.1 Å². The van der Waals surface area contributed by atoms with E-state index in [-0.39, 0.29) is 6.61 Å². The second kappa shape index (κ2) is 8.98. The fourth-order valence-corrected chi connectivity index (χ4v) is 3.70. The summed E-state index contributed by atoms with van der Waals surface area (Å²) < 4.78 is 2.14. The molecular formula is C26H24N2O3. The number of benzene rings is 3. The third-order valence-corrected chi connectivity index (χ3v) is 5.29. The molecule has 0 radical (unpaired) electrons. The van der Waals surface area contributed by atoms with Crippen LogP contribution in [0, 0.1) is 0 Å². The number of carbonyl (C=O) groups is 1. The fourth-order valence-electron chi connectivity index (χ4n) is 3.70. The summed E-state index contributed by atoms with van der Waals surface area (Å²) in [6, 6.07) is 20.8. The summed E-state index contributed by atoms with van der Waals surface area (Å²) in [5, 5.41) is 19.0. The van der Waals surface area contributed by atoms with Crippen LogP contribution in [0.4, 0.5) is 0 Å². The van der Waals surface area contributed by atoms with E-state index >= 15 is 0 Å². The molecule has 0 atom stereocenters. The average molecular weight is 412 g/mol. The summed E-state index contributed by atoms with van der Waals surface area (Å²) in [6.45, 7) is 2.69. The molecule has 31 heavy (non-hydrogen) atoms. The van der Waals surface area contributed by atoms with Crippen LogP contribution in [0.25, 0.3) is 28.2 Å². The highest BCUT2D eigenvalue weighted by Gasteiger charge is 2.12. The van der Waals surface area contributed by atoms with E-state index in [0.29, 0.717) is 17.7 Å². The van der Waals surface area contributed by atoms with E-state index in [2.05, 4.69) is 17.6 Å². The first-order chi connectivity index (χ1) is 15.1. The van der Waals surface area contributed by atoms with Gasteiger partial charge in [0.1, 0.15) is 5.82 Å². The minimum absolute atomic E-state index is 0.0149. The Morgan fingerprint density at radius 3 is 2.48 bits per heavy atom. The Morgan fingerprint density at radius 2 is 1.77 bits per heavy atom. The second-order valence-electron chi connectivity index (χ2n) is 7.40. The molecule has 156 valence electrons. The van der Waals surface area contributed by atoms with Gasteiger partial charge in [0, 0.05) is 6.54 Å². The predicted octanol–water partition coefficient (Wildman–Crippen LogP) is 5.37. The number of aromatic carboxylic acids is 1. The van der Waals surface area contributed by atoms with E-state index in [1.807, 2.05) is 60.7 Å². The van der Waals surface area contributed by atoms with Crippen LogP contribution in [0.5, 0.6) is 0 Å². The van der Waals surface area contributed by atoms with E-state index in [9.17, 15) is 15.0 Å². The summed E-state index contributed by atoms with van der Waals surface area (Å²) in [4.78, 5) is 16.3. The number of rotatable bonds is 7. The highest BCUT2D eigenvalue weighted by molar-refractivity contribution is 5.96. The smallest absolute Gasteiger partial charge is 0.336 e. The lowest BCUT2D eigenvalue weighted by atomic mass is 9.99. The highest BCUT2D eigenvalue weighted by Crippen LogP contribution is 2.26. The maximum atomic E-state index is 11.5. The van der Waals surface area contributed by atoms with Gasteiger partial charge in [-0.15, -0.1) is 0 Å². The zero-order chi connectivity index (χ0) is 21.8. The number of aliphatic hydroxyl groups excluding tert-OH is 1. The van der Waals surface area contributed by atoms with Crippen LogP contribution in [-0.2, 0) is 13.2 Å². The van der Waals surface area contributed by atoms with Crippen molar-refractivity contribution in [3.05, 3.63) is 95.3 Å². The first kappa shape index (κ1) is 20.6. The SMILES string of the molecule is CCC=Cc1nc2ccc(CO)cc2n1Cc1ccc(-c2ccccc2C(=O)O)cc1. The number of fused-ring (bicyclic) bond motifs is 1. The van der Waals surface area contributed by atoms with Crippen LogP contribution < -0.4 is 0 Å². The standard InChI is InChI=1S/C26H24N2O3/c1-2-3-8-25-27-23-14-11-19(17-29)15-24(23)28(25)16-18-9-12-20(13-10-18)21-6-4-5-7-22(21)26(30)31/h3-15,29H,2,16-17H2,1H3,(H,30,31). The number of nitrogens with zero attached hydrogens (tertiary/aromatic N) is 2. The topological polar surface area (TPSA) is 75.4 Å². The fraction of sp³-hybridized carbons (Fsp3) is 0.154. The maximum absolute atomic E-state index is 11.5. The zero-order valence-corrected chi connectivity index (χ0v) is 17.3. The van der Waals surface area contributed by atoms with Crippen molar-refractivity contribution < 1.29 is 15.0 Å². The Kier molecular flexibility index (Phi) is 5.96. The number of hydrogen-bond donors (Lipinski definition) is 2. The Labute approximate surface area is 180 Å². The largest absolute Gasteiger partial charge is 0.478 e. The lowest BCUT2D eigenvalue weighted by Crippen LogP contribution is -2.03. The van der Waals surface area contributed by atoms with Crippen molar-refractivity contribution >= 4 is 23.1 Å². The molecule has 1 heterocycles. The first-order valence-corrected chi connectivity index (χ1v) is 10.3. The van der Waals surface area contributed by atoms with Crippen LogP contribution in [0.1, 0.15) is 40.7 Å². The van der Waals surface area contributed by atoms with Crippen molar-refractivity contribution in [1.82, 2.24) is 9.55 Å². The Balaban J connectivity index is 1.71. The molecule has 4 rings (SSSR count). The molecule has 0 aliphatic heterocycles. The Morgan fingerprint density at radius 1 is 1.03 bits per heavy atom. The van der Waals surface area contributed by atoms with Crippen LogP contribution >= 0.6 is 0 Å². The molecule has 0 saturated heterocycles. The molecule has 2 N–H and O–H groups in total. The zero-order valence-electron chi connectivity index (χ0n) is 17.3.